The maximum absolute atomic E-state index is 14.4. The van der Waals surface area contributed by atoms with Gasteiger partial charge < -0.3 is 9.80 Å². The van der Waals surface area contributed by atoms with Gasteiger partial charge in [-0.05, 0) is 48.9 Å². The molecule has 2 aromatic heterocycles. The van der Waals surface area contributed by atoms with Gasteiger partial charge in [0.2, 0.25) is 5.91 Å². The zero-order valence-electron chi connectivity index (χ0n) is 23.6. The molecule has 4 heterocycles. The third-order valence-corrected chi connectivity index (χ3v) is 8.24. The number of hydrogen-bond donors (Lipinski definition) is 0. The van der Waals surface area contributed by atoms with Crippen molar-refractivity contribution < 1.29 is 13.6 Å². The minimum absolute atomic E-state index is 0.0131. The molecular formula is C30H40F2N6O. The highest BCUT2D eigenvalue weighted by Crippen LogP contribution is 2.43. The zero-order chi connectivity index (χ0) is 27.7. The van der Waals surface area contributed by atoms with Crippen molar-refractivity contribution in [2.75, 3.05) is 18.0 Å². The van der Waals surface area contributed by atoms with E-state index in [9.17, 15) is 13.6 Å². The Bertz CT molecular complexity index is 1330. The Kier molecular flexibility index (Phi) is 8.05. The number of aromatic nitrogens is 4. The molecule has 0 bridgehead atoms. The molecule has 1 aromatic carbocycles. The van der Waals surface area contributed by atoms with Gasteiger partial charge in [-0.3, -0.25) is 14.2 Å². The Balaban J connectivity index is 1.63. The normalized spacial score (nSPS) is 16.0. The fourth-order valence-corrected chi connectivity index (χ4v) is 6.24. The molecule has 1 amide bonds. The summed E-state index contributed by atoms with van der Waals surface area (Å²) in [4.78, 5) is 16.4. The lowest BCUT2D eigenvalue weighted by Gasteiger charge is -2.33. The van der Waals surface area contributed by atoms with Gasteiger partial charge >= 0.3 is 0 Å². The molecule has 9 heteroatoms. The first-order chi connectivity index (χ1) is 18.8. The number of hydrogen-bond acceptors (Lipinski definition) is 4. The number of benzene rings is 1. The summed E-state index contributed by atoms with van der Waals surface area (Å²) >= 11 is 0. The summed E-state index contributed by atoms with van der Waals surface area (Å²) < 4.78 is 32.7. The van der Waals surface area contributed by atoms with E-state index in [1.807, 2.05) is 11.0 Å². The van der Waals surface area contributed by atoms with E-state index in [0.717, 1.165) is 74.0 Å². The molecule has 39 heavy (non-hydrogen) atoms. The van der Waals surface area contributed by atoms with Crippen LogP contribution in [0.25, 0.3) is 11.1 Å². The van der Waals surface area contributed by atoms with Crippen molar-refractivity contribution in [2.45, 2.75) is 91.1 Å². The molecule has 0 fully saturated rings. The number of fused-ring (bicyclic) bond motifs is 2. The van der Waals surface area contributed by atoms with Crippen molar-refractivity contribution in [3.05, 3.63) is 46.9 Å². The number of halogens is 2. The number of unbranched alkanes of at least 4 members (excludes halogenated alkanes) is 1. The Morgan fingerprint density at radius 3 is 2.59 bits per heavy atom. The Hall–Kier alpha value is -3.23. The van der Waals surface area contributed by atoms with Crippen LogP contribution in [0.5, 0.6) is 0 Å². The molecule has 5 rings (SSSR count). The number of alkyl halides is 2. The maximum atomic E-state index is 14.4. The average Bonchev–Trinajstić information content (AvgIpc) is 3.53. The molecule has 0 saturated carbocycles. The zero-order valence-corrected chi connectivity index (χ0v) is 23.6. The maximum Gasteiger partial charge on any atom is 0.264 e. The van der Waals surface area contributed by atoms with Gasteiger partial charge in [0.25, 0.3) is 6.43 Å². The van der Waals surface area contributed by atoms with E-state index in [0.29, 0.717) is 36.8 Å². The number of aryl methyl sites for hydroxylation is 2. The van der Waals surface area contributed by atoms with Crippen LogP contribution in [0.4, 0.5) is 20.3 Å². The molecule has 0 spiro atoms. The van der Waals surface area contributed by atoms with Crippen LogP contribution in [0.15, 0.2) is 24.5 Å². The average molecular weight is 539 g/mol. The van der Waals surface area contributed by atoms with Gasteiger partial charge in [0.15, 0.2) is 5.82 Å². The third-order valence-electron chi connectivity index (χ3n) is 8.24. The van der Waals surface area contributed by atoms with E-state index in [4.69, 9.17) is 5.10 Å². The Morgan fingerprint density at radius 1 is 1.10 bits per heavy atom. The molecule has 2 aliphatic heterocycles. The molecular weight excluding hydrogens is 498 g/mol. The molecule has 0 saturated heterocycles. The van der Waals surface area contributed by atoms with Crippen LogP contribution in [0, 0.1) is 0 Å². The number of amides is 1. The number of carbonyl (C=O) groups excluding carboxylic acids is 1. The summed E-state index contributed by atoms with van der Waals surface area (Å²) in [6.45, 7) is 7.93. The highest BCUT2D eigenvalue weighted by molar-refractivity contribution is 5.78. The molecule has 2 aliphatic rings. The van der Waals surface area contributed by atoms with Crippen molar-refractivity contribution in [3.8, 4) is 11.1 Å². The first kappa shape index (κ1) is 27.3. The van der Waals surface area contributed by atoms with Crippen molar-refractivity contribution >= 4 is 17.4 Å². The second-order valence-corrected chi connectivity index (χ2v) is 11.0. The van der Waals surface area contributed by atoms with Gasteiger partial charge in [0.1, 0.15) is 0 Å². The Labute approximate surface area is 229 Å². The van der Waals surface area contributed by atoms with Crippen LogP contribution in [-0.2, 0) is 31.2 Å². The van der Waals surface area contributed by atoms with E-state index < -0.39 is 6.43 Å². The van der Waals surface area contributed by atoms with E-state index in [2.05, 4.69) is 28.5 Å². The lowest BCUT2D eigenvalue weighted by atomic mass is 9.92. The first-order valence-electron chi connectivity index (χ1n) is 14.4. The van der Waals surface area contributed by atoms with Crippen LogP contribution in [0.1, 0.15) is 94.1 Å². The minimum Gasteiger partial charge on any atom is -0.338 e. The quantitative estimate of drug-likeness (QED) is 0.303. The van der Waals surface area contributed by atoms with Crippen LogP contribution in [0.2, 0.25) is 0 Å². The fraction of sp³-hybridized carbons (Fsp3) is 0.567. The van der Waals surface area contributed by atoms with Gasteiger partial charge in [0, 0.05) is 67.8 Å². The van der Waals surface area contributed by atoms with Crippen molar-refractivity contribution in [1.82, 2.24) is 24.5 Å². The predicted molar refractivity (Wildman–Crippen MR) is 149 cm³/mol. The standard InChI is InChI=1S/C30H40F2N6O/c1-5-7-11-23(9-6-2)38-27-12-14-36(20(3)39)19-26(27)30(34-38)37-13-8-10-21-15-24(22-17-33-35(4)18-22)25(29(31)32)16-28(21)37/h15-18,23,29H,5-14,19H2,1-4H3. The van der Waals surface area contributed by atoms with Gasteiger partial charge in [-0.2, -0.15) is 10.2 Å². The summed E-state index contributed by atoms with van der Waals surface area (Å²) in [6.07, 6.45) is 8.74. The lowest BCUT2D eigenvalue weighted by molar-refractivity contribution is -0.129. The van der Waals surface area contributed by atoms with E-state index in [1.54, 1.807) is 37.1 Å². The summed E-state index contributed by atoms with van der Waals surface area (Å²) in [5.74, 6) is 0.874. The van der Waals surface area contributed by atoms with Crippen molar-refractivity contribution in [3.63, 3.8) is 0 Å². The summed E-state index contributed by atoms with van der Waals surface area (Å²) in [6, 6.07) is 3.89. The number of rotatable bonds is 9. The lowest BCUT2D eigenvalue weighted by Crippen LogP contribution is -2.35. The number of carbonyl (C=O) groups is 1. The number of nitrogens with zero attached hydrogens (tertiary/aromatic N) is 6. The smallest absolute Gasteiger partial charge is 0.264 e. The van der Waals surface area contributed by atoms with Crippen LogP contribution >= 0.6 is 0 Å². The Morgan fingerprint density at radius 2 is 1.92 bits per heavy atom. The molecule has 1 unspecified atom stereocenters. The van der Waals surface area contributed by atoms with Crippen LogP contribution in [-0.4, -0.2) is 43.5 Å². The highest BCUT2D eigenvalue weighted by atomic mass is 19.3. The van der Waals surface area contributed by atoms with Crippen molar-refractivity contribution in [1.29, 1.82) is 0 Å². The van der Waals surface area contributed by atoms with Gasteiger partial charge in [-0.25, -0.2) is 8.78 Å². The monoisotopic (exact) mass is 538 g/mol. The second kappa shape index (κ2) is 11.5. The molecule has 0 radical (unpaired) electrons. The van der Waals surface area contributed by atoms with Crippen LogP contribution < -0.4 is 4.90 Å². The summed E-state index contributed by atoms with van der Waals surface area (Å²) in [5, 5.41) is 9.45. The molecule has 210 valence electrons. The number of anilines is 2. The van der Waals surface area contributed by atoms with Gasteiger partial charge in [-0.1, -0.05) is 33.1 Å². The topological polar surface area (TPSA) is 59.2 Å². The van der Waals surface area contributed by atoms with Gasteiger partial charge in [0.05, 0.1) is 18.8 Å². The van der Waals surface area contributed by atoms with Crippen molar-refractivity contribution in [2.24, 2.45) is 7.05 Å². The molecule has 3 aromatic rings. The fourth-order valence-electron chi connectivity index (χ4n) is 6.24. The van der Waals surface area contributed by atoms with E-state index in [-0.39, 0.29) is 11.5 Å². The van der Waals surface area contributed by atoms with Gasteiger partial charge in [-0.15, -0.1) is 0 Å². The molecule has 1 atom stereocenters. The predicted octanol–water partition coefficient (Wildman–Crippen LogP) is 6.74. The van der Waals surface area contributed by atoms with Crippen LogP contribution in [0.3, 0.4) is 0 Å². The van der Waals surface area contributed by atoms with E-state index >= 15 is 0 Å². The van der Waals surface area contributed by atoms with E-state index in [1.165, 1.54) is 5.69 Å². The SMILES string of the molecule is CCCCC(CCC)n1nc(N2CCCc3cc(-c4cnn(C)c4)c(C(F)F)cc32)c2c1CCN(C(C)=O)C2. The summed E-state index contributed by atoms with van der Waals surface area (Å²) in [7, 11) is 1.79. The molecule has 0 N–H and O–H groups in total. The highest BCUT2D eigenvalue weighted by Gasteiger charge is 2.33. The molecule has 7 nitrogen and oxygen atoms in total. The largest absolute Gasteiger partial charge is 0.338 e. The first-order valence-corrected chi connectivity index (χ1v) is 14.4. The second-order valence-electron chi connectivity index (χ2n) is 11.0. The third kappa shape index (κ3) is 5.32. The minimum atomic E-state index is -2.61. The summed E-state index contributed by atoms with van der Waals surface area (Å²) in [5.41, 5.74) is 5.36. The molecule has 0 aliphatic carbocycles.